The van der Waals surface area contributed by atoms with Gasteiger partial charge in [0.05, 0.1) is 23.1 Å². The summed E-state index contributed by atoms with van der Waals surface area (Å²) in [6, 6.07) is 7.74. The number of nitrogens with one attached hydrogen (secondary N) is 1. The van der Waals surface area contributed by atoms with Gasteiger partial charge in [0.15, 0.2) is 0 Å². The van der Waals surface area contributed by atoms with E-state index in [9.17, 15) is 8.42 Å². The van der Waals surface area contributed by atoms with E-state index >= 15 is 0 Å². The molecule has 0 bridgehead atoms. The van der Waals surface area contributed by atoms with E-state index in [0.29, 0.717) is 19.0 Å². The van der Waals surface area contributed by atoms with Gasteiger partial charge in [0, 0.05) is 25.6 Å². The minimum absolute atomic E-state index is 0.101. The SMILES string of the molecule is COc1ccc(S(=O)(=O)NC(c2cccnc2)C2CCOCC2)cc1Cl. The van der Waals surface area contributed by atoms with Crippen LogP contribution in [0.2, 0.25) is 5.02 Å². The Hall–Kier alpha value is -1.67. The molecule has 1 aliphatic heterocycles. The van der Waals surface area contributed by atoms with Gasteiger partial charge in [0.25, 0.3) is 0 Å². The maximum absolute atomic E-state index is 12.9. The number of ether oxygens (including phenoxy) is 2. The van der Waals surface area contributed by atoms with Gasteiger partial charge in [0.2, 0.25) is 10.0 Å². The van der Waals surface area contributed by atoms with Gasteiger partial charge in [-0.2, -0.15) is 0 Å². The van der Waals surface area contributed by atoms with Crippen molar-refractivity contribution in [1.29, 1.82) is 0 Å². The van der Waals surface area contributed by atoms with E-state index in [1.807, 2.05) is 6.07 Å². The van der Waals surface area contributed by atoms with Crippen molar-refractivity contribution < 1.29 is 17.9 Å². The quantitative estimate of drug-likeness (QED) is 0.811. The molecule has 1 saturated heterocycles. The molecule has 8 heteroatoms. The Morgan fingerprint density at radius 2 is 2.08 bits per heavy atom. The molecule has 1 aliphatic rings. The maximum atomic E-state index is 12.9. The van der Waals surface area contributed by atoms with Crippen LogP contribution < -0.4 is 9.46 Å². The van der Waals surface area contributed by atoms with Gasteiger partial charge >= 0.3 is 0 Å². The van der Waals surface area contributed by atoms with Crippen LogP contribution in [0.3, 0.4) is 0 Å². The van der Waals surface area contributed by atoms with Crippen LogP contribution in [0, 0.1) is 5.92 Å². The number of methoxy groups -OCH3 is 1. The molecule has 140 valence electrons. The first kappa shape index (κ1) is 19.1. The third kappa shape index (κ3) is 4.35. The minimum atomic E-state index is -3.76. The van der Waals surface area contributed by atoms with Gasteiger partial charge in [-0.15, -0.1) is 0 Å². The maximum Gasteiger partial charge on any atom is 0.241 e. The lowest BCUT2D eigenvalue weighted by Gasteiger charge is -2.31. The molecule has 1 atom stereocenters. The Bertz CT molecular complexity index is 840. The fourth-order valence-corrected chi connectivity index (χ4v) is 4.74. The second-order valence-electron chi connectivity index (χ2n) is 6.13. The zero-order valence-electron chi connectivity index (χ0n) is 14.4. The molecule has 3 rings (SSSR count). The van der Waals surface area contributed by atoms with E-state index in [1.54, 1.807) is 24.5 Å². The number of sulfonamides is 1. The smallest absolute Gasteiger partial charge is 0.241 e. The predicted molar refractivity (Wildman–Crippen MR) is 98.8 cm³/mol. The zero-order chi connectivity index (χ0) is 18.6. The molecule has 0 saturated carbocycles. The fraction of sp³-hybridized carbons (Fsp3) is 0.389. The molecule has 0 radical (unpaired) electrons. The highest BCUT2D eigenvalue weighted by Crippen LogP contribution is 2.32. The zero-order valence-corrected chi connectivity index (χ0v) is 16.0. The third-order valence-corrected chi connectivity index (χ3v) is 6.23. The highest BCUT2D eigenvalue weighted by molar-refractivity contribution is 7.89. The molecule has 0 amide bonds. The van der Waals surface area contributed by atoms with Crippen LogP contribution in [-0.4, -0.2) is 33.7 Å². The van der Waals surface area contributed by atoms with Gasteiger partial charge in [-0.1, -0.05) is 17.7 Å². The summed E-state index contributed by atoms with van der Waals surface area (Å²) in [6.07, 6.45) is 4.93. The Morgan fingerprint density at radius 3 is 2.69 bits per heavy atom. The first-order chi connectivity index (χ1) is 12.5. The van der Waals surface area contributed by atoms with Crippen molar-refractivity contribution >= 4 is 21.6 Å². The summed E-state index contributed by atoms with van der Waals surface area (Å²) in [5.41, 5.74) is 0.836. The predicted octanol–water partition coefficient (Wildman–Crippen LogP) is 3.19. The average Bonchev–Trinajstić information content (AvgIpc) is 2.67. The second-order valence-corrected chi connectivity index (χ2v) is 8.25. The molecular formula is C18H21ClN2O4S. The summed E-state index contributed by atoms with van der Waals surface area (Å²) < 4.78 is 39.2. The lowest BCUT2D eigenvalue weighted by Crippen LogP contribution is -2.36. The molecular weight excluding hydrogens is 376 g/mol. The number of nitrogens with zero attached hydrogens (tertiary/aromatic N) is 1. The fourth-order valence-electron chi connectivity index (χ4n) is 3.09. The Labute approximate surface area is 158 Å². The lowest BCUT2D eigenvalue weighted by molar-refractivity contribution is 0.0564. The van der Waals surface area contributed by atoms with Crippen LogP contribution in [0.25, 0.3) is 0 Å². The second kappa shape index (κ2) is 8.35. The number of rotatable bonds is 6. The largest absolute Gasteiger partial charge is 0.495 e. The molecule has 0 aliphatic carbocycles. The number of halogens is 1. The van der Waals surface area contributed by atoms with E-state index in [4.69, 9.17) is 21.1 Å². The molecule has 1 aromatic heterocycles. The monoisotopic (exact) mass is 396 g/mol. The van der Waals surface area contributed by atoms with Crippen LogP contribution in [0.1, 0.15) is 24.4 Å². The number of benzene rings is 1. The normalized spacial score (nSPS) is 17.0. The van der Waals surface area contributed by atoms with Gasteiger partial charge in [-0.05, 0) is 48.6 Å². The van der Waals surface area contributed by atoms with Crippen LogP contribution in [0.4, 0.5) is 0 Å². The van der Waals surface area contributed by atoms with Crippen molar-refractivity contribution in [2.75, 3.05) is 20.3 Å². The molecule has 26 heavy (non-hydrogen) atoms. The van der Waals surface area contributed by atoms with Crippen molar-refractivity contribution in [3.8, 4) is 5.75 Å². The van der Waals surface area contributed by atoms with Crippen molar-refractivity contribution in [2.45, 2.75) is 23.8 Å². The molecule has 1 fully saturated rings. The van der Waals surface area contributed by atoms with Crippen molar-refractivity contribution in [3.63, 3.8) is 0 Å². The van der Waals surface area contributed by atoms with Crippen LogP contribution in [0.15, 0.2) is 47.6 Å². The Balaban J connectivity index is 1.91. The van der Waals surface area contributed by atoms with E-state index in [-0.39, 0.29) is 21.9 Å². The number of aromatic nitrogens is 1. The van der Waals surface area contributed by atoms with Crippen LogP contribution in [-0.2, 0) is 14.8 Å². The summed E-state index contributed by atoms with van der Waals surface area (Å²) in [4.78, 5) is 4.24. The highest BCUT2D eigenvalue weighted by Gasteiger charge is 2.30. The van der Waals surface area contributed by atoms with Crippen molar-refractivity contribution in [2.24, 2.45) is 5.92 Å². The lowest BCUT2D eigenvalue weighted by atomic mass is 9.88. The van der Waals surface area contributed by atoms with Gasteiger partial charge < -0.3 is 9.47 Å². The molecule has 1 aromatic carbocycles. The van der Waals surface area contributed by atoms with Gasteiger partial charge in [-0.25, -0.2) is 13.1 Å². The third-order valence-electron chi connectivity index (χ3n) is 4.50. The average molecular weight is 397 g/mol. The number of hydrogen-bond donors (Lipinski definition) is 1. The van der Waals surface area contributed by atoms with Crippen LogP contribution >= 0.6 is 11.6 Å². The topological polar surface area (TPSA) is 77.5 Å². The van der Waals surface area contributed by atoms with Crippen molar-refractivity contribution in [3.05, 3.63) is 53.3 Å². The number of pyridine rings is 1. The Kier molecular flexibility index (Phi) is 6.13. The first-order valence-electron chi connectivity index (χ1n) is 8.35. The minimum Gasteiger partial charge on any atom is -0.495 e. The van der Waals surface area contributed by atoms with Gasteiger partial charge in [0.1, 0.15) is 5.75 Å². The van der Waals surface area contributed by atoms with E-state index < -0.39 is 10.0 Å². The van der Waals surface area contributed by atoms with Gasteiger partial charge in [-0.3, -0.25) is 4.98 Å². The van der Waals surface area contributed by atoms with E-state index in [1.165, 1.54) is 19.2 Å². The highest BCUT2D eigenvalue weighted by atomic mass is 35.5. The van der Waals surface area contributed by atoms with Crippen molar-refractivity contribution in [1.82, 2.24) is 9.71 Å². The number of hydrogen-bond acceptors (Lipinski definition) is 5. The first-order valence-corrected chi connectivity index (χ1v) is 10.2. The summed E-state index contributed by atoms with van der Waals surface area (Å²) in [5, 5.41) is 0.249. The summed E-state index contributed by atoms with van der Waals surface area (Å²) in [6.45, 7) is 1.25. The Morgan fingerprint density at radius 1 is 1.31 bits per heavy atom. The summed E-state index contributed by atoms with van der Waals surface area (Å²) >= 11 is 6.09. The molecule has 0 spiro atoms. The summed E-state index contributed by atoms with van der Waals surface area (Å²) in [5.74, 6) is 0.565. The molecule has 2 aromatic rings. The molecule has 2 heterocycles. The summed E-state index contributed by atoms with van der Waals surface area (Å²) in [7, 11) is -2.28. The van der Waals surface area contributed by atoms with Crippen LogP contribution in [0.5, 0.6) is 5.75 Å². The molecule has 1 unspecified atom stereocenters. The molecule has 6 nitrogen and oxygen atoms in total. The standard InChI is InChI=1S/C18H21ClN2O4S/c1-24-17-5-4-15(11-16(17)19)26(22,23)21-18(13-6-9-25-10-7-13)14-3-2-8-20-12-14/h2-5,8,11-13,18,21H,6-7,9-10H2,1H3. The van der Waals surface area contributed by atoms with E-state index in [0.717, 1.165) is 18.4 Å². The van der Waals surface area contributed by atoms with E-state index in [2.05, 4.69) is 9.71 Å². The molecule has 1 N–H and O–H groups in total.